The minimum Gasteiger partial charge on any atom is -0.387 e. The van der Waals surface area contributed by atoms with E-state index in [0.29, 0.717) is 12.6 Å². The molecule has 0 amide bonds. The van der Waals surface area contributed by atoms with Gasteiger partial charge in [-0.1, -0.05) is 13.0 Å². The van der Waals surface area contributed by atoms with E-state index in [-0.39, 0.29) is 12.1 Å². The zero-order valence-corrected chi connectivity index (χ0v) is 9.89. The predicted octanol–water partition coefficient (Wildman–Crippen LogP) is 2.88. The second kappa shape index (κ2) is 6.15. The Morgan fingerprint density at radius 3 is 2.56 bits per heavy atom. The van der Waals surface area contributed by atoms with Gasteiger partial charge in [0.15, 0.2) is 0 Å². The highest BCUT2D eigenvalue weighted by atomic mass is 19.4. The standard InChI is InChI=1S/C12H15F4NO/c1-2-5-17-7-11(18)8-3-4-10(13)9(6-8)12(14,15)16/h3-4,6,11,17-18H,2,5,7H2,1H3. The van der Waals surface area contributed by atoms with Gasteiger partial charge in [0.05, 0.1) is 11.7 Å². The molecule has 1 aromatic rings. The van der Waals surface area contributed by atoms with Crippen LogP contribution in [0.5, 0.6) is 0 Å². The molecule has 0 aliphatic carbocycles. The number of hydrogen-bond donors (Lipinski definition) is 2. The van der Waals surface area contributed by atoms with Gasteiger partial charge >= 0.3 is 6.18 Å². The van der Waals surface area contributed by atoms with Crippen molar-refractivity contribution in [3.05, 3.63) is 35.1 Å². The lowest BCUT2D eigenvalue weighted by molar-refractivity contribution is -0.140. The lowest BCUT2D eigenvalue weighted by atomic mass is 10.0. The highest BCUT2D eigenvalue weighted by Gasteiger charge is 2.34. The van der Waals surface area contributed by atoms with Crippen LogP contribution in [-0.2, 0) is 6.18 Å². The van der Waals surface area contributed by atoms with Crippen molar-refractivity contribution in [1.82, 2.24) is 5.32 Å². The van der Waals surface area contributed by atoms with Gasteiger partial charge in [0.25, 0.3) is 0 Å². The van der Waals surface area contributed by atoms with Crippen molar-refractivity contribution in [2.75, 3.05) is 13.1 Å². The third-order valence-electron chi connectivity index (χ3n) is 2.45. The van der Waals surface area contributed by atoms with Crippen LogP contribution in [-0.4, -0.2) is 18.2 Å². The van der Waals surface area contributed by atoms with Crippen LogP contribution in [0, 0.1) is 5.82 Å². The van der Waals surface area contributed by atoms with E-state index in [2.05, 4.69) is 5.32 Å². The molecule has 0 fully saturated rings. The molecule has 1 unspecified atom stereocenters. The minimum absolute atomic E-state index is 0.0485. The molecule has 0 aromatic heterocycles. The van der Waals surface area contributed by atoms with E-state index in [1.165, 1.54) is 0 Å². The van der Waals surface area contributed by atoms with Crippen LogP contribution < -0.4 is 5.32 Å². The Morgan fingerprint density at radius 1 is 1.33 bits per heavy atom. The first kappa shape index (κ1) is 14.9. The van der Waals surface area contributed by atoms with Crippen molar-refractivity contribution >= 4 is 0 Å². The smallest absolute Gasteiger partial charge is 0.387 e. The summed E-state index contributed by atoms with van der Waals surface area (Å²) in [5, 5.41) is 12.6. The van der Waals surface area contributed by atoms with Gasteiger partial charge in [-0.3, -0.25) is 0 Å². The molecule has 18 heavy (non-hydrogen) atoms. The minimum atomic E-state index is -4.75. The van der Waals surface area contributed by atoms with Crippen LogP contribution in [0.15, 0.2) is 18.2 Å². The average molecular weight is 265 g/mol. The van der Waals surface area contributed by atoms with Crippen LogP contribution >= 0.6 is 0 Å². The third kappa shape index (κ3) is 3.96. The molecule has 0 saturated carbocycles. The molecule has 1 atom stereocenters. The lowest BCUT2D eigenvalue weighted by Crippen LogP contribution is -2.22. The lowest BCUT2D eigenvalue weighted by Gasteiger charge is -2.14. The Labute approximate surface area is 103 Å². The van der Waals surface area contributed by atoms with Gasteiger partial charge < -0.3 is 10.4 Å². The van der Waals surface area contributed by atoms with Gasteiger partial charge in [0.1, 0.15) is 5.82 Å². The molecule has 2 nitrogen and oxygen atoms in total. The first-order chi connectivity index (χ1) is 8.36. The maximum Gasteiger partial charge on any atom is 0.419 e. The monoisotopic (exact) mass is 265 g/mol. The fourth-order valence-electron chi connectivity index (χ4n) is 1.50. The molecule has 0 heterocycles. The Kier molecular flexibility index (Phi) is 5.10. The predicted molar refractivity (Wildman–Crippen MR) is 59.5 cm³/mol. The van der Waals surface area contributed by atoms with E-state index >= 15 is 0 Å². The zero-order chi connectivity index (χ0) is 13.8. The Morgan fingerprint density at radius 2 is 2.00 bits per heavy atom. The fraction of sp³-hybridized carbons (Fsp3) is 0.500. The highest BCUT2D eigenvalue weighted by molar-refractivity contribution is 5.28. The summed E-state index contributed by atoms with van der Waals surface area (Å²) in [4.78, 5) is 0. The molecule has 1 aromatic carbocycles. The van der Waals surface area contributed by atoms with E-state index < -0.39 is 23.7 Å². The van der Waals surface area contributed by atoms with Crippen molar-refractivity contribution in [2.24, 2.45) is 0 Å². The molecule has 0 aliphatic heterocycles. The van der Waals surface area contributed by atoms with E-state index in [9.17, 15) is 22.7 Å². The van der Waals surface area contributed by atoms with Gasteiger partial charge in [-0.15, -0.1) is 0 Å². The summed E-state index contributed by atoms with van der Waals surface area (Å²) in [6.45, 7) is 2.72. The molecule has 102 valence electrons. The second-order valence-corrected chi connectivity index (χ2v) is 3.96. The Balaban J connectivity index is 2.84. The number of rotatable bonds is 5. The second-order valence-electron chi connectivity index (χ2n) is 3.96. The fourth-order valence-corrected chi connectivity index (χ4v) is 1.50. The van der Waals surface area contributed by atoms with E-state index in [0.717, 1.165) is 18.6 Å². The first-order valence-corrected chi connectivity index (χ1v) is 5.61. The van der Waals surface area contributed by atoms with Crippen molar-refractivity contribution in [3.8, 4) is 0 Å². The van der Waals surface area contributed by atoms with E-state index in [4.69, 9.17) is 0 Å². The number of alkyl halides is 3. The quantitative estimate of drug-likeness (QED) is 0.634. The van der Waals surface area contributed by atoms with Crippen molar-refractivity contribution in [3.63, 3.8) is 0 Å². The SMILES string of the molecule is CCCNCC(O)c1ccc(F)c(C(F)(F)F)c1. The molecular formula is C12H15F4NO. The number of benzene rings is 1. The molecule has 0 bridgehead atoms. The van der Waals surface area contributed by atoms with Crippen LogP contribution in [0.25, 0.3) is 0 Å². The van der Waals surface area contributed by atoms with Gasteiger partial charge in [-0.25, -0.2) is 4.39 Å². The molecule has 0 saturated heterocycles. The van der Waals surface area contributed by atoms with Crippen LogP contribution in [0.4, 0.5) is 17.6 Å². The van der Waals surface area contributed by atoms with Crippen LogP contribution in [0.2, 0.25) is 0 Å². The first-order valence-electron chi connectivity index (χ1n) is 5.61. The number of halogens is 4. The van der Waals surface area contributed by atoms with Crippen molar-refractivity contribution in [1.29, 1.82) is 0 Å². The Bertz CT molecular complexity index is 392. The van der Waals surface area contributed by atoms with E-state index in [1.54, 1.807) is 0 Å². The maximum absolute atomic E-state index is 13.0. The Hall–Kier alpha value is -1.14. The molecule has 1 rings (SSSR count). The third-order valence-corrected chi connectivity index (χ3v) is 2.45. The summed E-state index contributed by atoms with van der Waals surface area (Å²) in [6, 6.07) is 2.53. The summed E-state index contributed by atoms with van der Waals surface area (Å²) in [5.41, 5.74) is -1.30. The molecule has 0 spiro atoms. The summed E-state index contributed by atoms with van der Waals surface area (Å²) in [7, 11) is 0. The molecule has 2 N–H and O–H groups in total. The number of aliphatic hydroxyl groups excluding tert-OH is 1. The normalized spacial score (nSPS) is 13.7. The van der Waals surface area contributed by atoms with Crippen molar-refractivity contribution < 1.29 is 22.7 Å². The summed E-state index contributed by atoms with van der Waals surface area (Å²) < 4.78 is 50.4. The molecule has 0 radical (unpaired) electrons. The largest absolute Gasteiger partial charge is 0.419 e. The van der Waals surface area contributed by atoms with Gasteiger partial charge in [0, 0.05) is 6.54 Å². The van der Waals surface area contributed by atoms with Gasteiger partial charge in [0.2, 0.25) is 0 Å². The zero-order valence-electron chi connectivity index (χ0n) is 9.89. The number of hydrogen-bond acceptors (Lipinski definition) is 2. The van der Waals surface area contributed by atoms with Crippen LogP contribution in [0.3, 0.4) is 0 Å². The van der Waals surface area contributed by atoms with Crippen LogP contribution in [0.1, 0.15) is 30.6 Å². The summed E-state index contributed by atoms with van der Waals surface area (Å²) in [5.74, 6) is -1.33. The average Bonchev–Trinajstić information content (AvgIpc) is 2.28. The topological polar surface area (TPSA) is 32.3 Å². The maximum atomic E-state index is 13.0. The van der Waals surface area contributed by atoms with Gasteiger partial charge in [-0.2, -0.15) is 13.2 Å². The summed E-state index contributed by atoms with van der Waals surface area (Å²) in [6.07, 6.45) is -4.99. The van der Waals surface area contributed by atoms with E-state index in [1.807, 2.05) is 6.92 Å². The number of aliphatic hydroxyl groups is 1. The summed E-state index contributed by atoms with van der Waals surface area (Å²) >= 11 is 0. The van der Waals surface area contributed by atoms with Crippen molar-refractivity contribution in [2.45, 2.75) is 25.6 Å². The molecular weight excluding hydrogens is 250 g/mol. The highest BCUT2D eigenvalue weighted by Crippen LogP contribution is 2.32. The number of nitrogens with one attached hydrogen (secondary N) is 1. The van der Waals surface area contributed by atoms with Gasteiger partial charge in [-0.05, 0) is 30.7 Å². The molecule has 6 heteroatoms. The molecule has 0 aliphatic rings.